The predicted molar refractivity (Wildman–Crippen MR) is 152 cm³/mol. The molecule has 0 amide bonds. The molecule has 230 valence electrons. The van der Waals surface area contributed by atoms with Crippen LogP contribution in [0.2, 0.25) is 0 Å². The van der Waals surface area contributed by atoms with Crippen molar-refractivity contribution in [2.24, 2.45) is 0 Å². The van der Waals surface area contributed by atoms with Gasteiger partial charge in [0.2, 0.25) is 0 Å². The second kappa shape index (κ2) is 11.9. The van der Waals surface area contributed by atoms with Gasteiger partial charge < -0.3 is 24.8 Å². The van der Waals surface area contributed by atoms with Crippen LogP contribution >= 0.6 is 10.9 Å². The molecule has 2 saturated heterocycles. The van der Waals surface area contributed by atoms with Crippen LogP contribution in [0, 0.1) is 24.4 Å². The third-order valence-corrected chi connectivity index (χ3v) is 11.9. The van der Waals surface area contributed by atoms with Crippen molar-refractivity contribution in [3.63, 3.8) is 0 Å². The number of thiol groups is 1. The lowest BCUT2D eigenvalue weighted by molar-refractivity contribution is -0.145. The van der Waals surface area contributed by atoms with Crippen molar-refractivity contribution in [1.29, 1.82) is 0 Å². The highest BCUT2D eigenvalue weighted by atomic mass is 32.2. The maximum absolute atomic E-state index is 13.9. The van der Waals surface area contributed by atoms with Gasteiger partial charge in [-0.3, -0.25) is 4.98 Å². The summed E-state index contributed by atoms with van der Waals surface area (Å²) in [5, 5.41) is 41.8. The van der Waals surface area contributed by atoms with Gasteiger partial charge in [-0.1, -0.05) is 11.3 Å². The summed E-state index contributed by atoms with van der Waals surface area (Å²) in [6.07, 6.45) is 1.99. The van der Waals surface area contributed by atoms with Crippen molar-refractivity contribution < 1.29 is 38.0 Å². The molecule has 2 aromatic heterocycles. The van der Waals surface area contributed by atoms with Crippen LogP contribution in [-0.4, -0.2) is 90.0 Å². The van der Waals surface area contributed by atoms with Gasteiger partial charge in [-0.25, -0.2) is 28.7 Å². The molecule has 42 heavy (non-hydrogen) atoms. The van der Waals surface area contributed by atoms with Gasteiger partial charge in [0.05, 0.1) is 53.8 Å². The molecule has 3 N–H and O–H groups in total. The lowest BCUT2D eigenvalue weighted by Crippen LogP contribution is -2.55. The number of hydrogen-bond donors (Lipinski definition) is 4. The molecular formula is C29H37F3N4O5S. The molecule has 13 heteroatoms. The van der Waals surface area contributed by atoms with E-state index in [-0.39, 0.29) is 17.9 Å². The highest BCUT2D eigenvalue weighted by Crippen LogP contribution is 2.60. The van der Waals surface area contributed by atoms with E-state index in [4.69, 9.17) is 14.5 Å². The quantitative estimate of drug-likeness (QED) is 0.237. The van der Waals surface area contributed by atoms with E-state index in [2.05, 4.69) is 10.3 Å². The fraction of sp³-hybridized carbons (Fsp3) is 0.552. The minimum absolute atomic E-state index is 0.0204. The summed E-state index contributed by atoms with van der Waals surface area (Å²) in [6.45, 7) is 5.78. The maximum Gasteiger partial charge on any atom is 0.194 e. The van der Waals surface area contributed by atoms with E-state index in [1.807, 2.05) is 32.9 Å². The number of ether oxygens (including phenoxy) is 2. The second-order valence-corrected chi connectivity index (χ2v) is 14.4. The van der Waals surface area contributed by atoms with Crippen molar-refractivity contribution in [1.82, 2.24) is 20.0 Å². The van der Waals surface area contributed by atoms with Crippen LogP contribution in [-0.2, 0) is 9.47 Å². The Labute approximate surface area is 245 Å². The molecule has 7 atom stereocenters. The van der Waals surface area contributed by atoms with Crippen molar-refractivity contribution >= 4 is 10.9 Å². The molecule has 0 spiro atoms. The van der Waals surface area contributed by atoms with Gasteiger partial charge in [0.25, 0.3) is 0 Å². The molecule has 4 heterocycles. The van der Waals surface area contributed by atoms with Crippen LogP contribution in [0.15, 0.2) is 36.7 Å². The molecule has 9 nitrogen and oxygen atoms in total. The van der Waals surface area contributed by atoms with E-state index in [1.54, 1.807) is 6.20 Å². The highest BCUT2D eigenvalue weighted by Gasteiger charge is 2.54. The van der Waals surface area contributed by atoms with Gasteiger partial charge >= 0.3 is 0 Å². The smallest absolute Gasteiger partial charge is 0.194 e. The molecule has 0 aliphatic carbocycles. The second-order valence-electron chi connectivity index (χ2n) is 11.8. The van der Waals surface area contributed by atoms with Gasteiger partial charge in [-0.15, -0.1) is 5.10 Å². The summed E-state index contributed by atoms with van der Waals surface area (Å²) >= 11 is 0. The molecule has 3 aromatic rings. The van der Waals surface area contributed by atoms with Crippen LogP contribution < -0.4 is 0 Å². The standard InChI is InChI=1S/C29H37F3N4O5S/c1-16-6-5-8-33-24(16)27(29(39)7-9-41-28(2,3)15-29)42-14-21(40-4)25(26(38)22(42)13-37)36-12-20(34-35-36)17-10-18(30)23(32)19(31)11-17/h5-6,8,10-12,21-22,25-27,37-39,42H,7,9,13-15H2,1-4H3/t21-,22+,25+,26-,27+,29-/m0/s1. The van der Waals surface area contributed by atoms with Crippen LogP contribution in [0.5, 0.6) is 0 Å². The Hall–Kier alpha value is -2.55. The first kappa shape index (κ1) is 30.9. The minimum Gasteiger partial charge on any atom is -0.395 e. The Bertz CT molecular complexity index is 1400. The maximum atomic E-state index is 13.9. The first-order valence-electron chi connectivity index (χ1n) is 13.8. The molecular weight excluding hydrogens is 573 g/mol. The highest BCUT2D eigenvalue weighted by molar-refractivity contribution is 8.18. The molecule has 2 aliphatic rings. The minimum atomic E-state index is -1.58. The van der Waals surface area contributed by atoms with Crippen molar-refractivity contribution in [2.45, 2.75) is 73.6 Å². The monoisotopic (exact) mass is 610 g/mol. The predicted octanol–water partition coefficient (Wildman–Crippen LogP) is 3.42. The summed E-state index contributed by atoms with van der Waals surface area (Å²) in [7, 11) is 0.157. The Balaban J connectivity index is 1.54. The lowest BCUT2D eigenvalue weighted by atomic mass is 9.80. The lowest BCUT2D eigenvalue weighted by Gasteiger charge is -2.54. The molecule has 5 rings (SSSR count). The van der Waals surface area contributed by atoms with Crippen LogP contribution in [0.4, 0.5) is 13.2 Å². The summed E-state index contributed by atoms with van der Waals surface area (Å²) in [6, 6.07) is 4.60. The van der Waals surface area contributed by atoms with Crippen molar-refractivity contribution in [3.05, 3.63) is 65.4 Å². The van der Waals surface area contributed by atoms with Crippen molar-refractivity contribution in [3.8, 4) is 11.3 Å². The van der Waals surface area contributed by atoms with E-state index < -0.39 is 68.3 Å². The normalized spacial score (nSPS) is 31.1. The van der Waals surface area contributed by atoms with Crippen LogP contribution in [0.1, 0.15) is 49.2 Å². The van der Waals surface area contributed by atoms with E-state index in [9.17, 15) is 28.5 Å². The summed E-state index contributed by atoms with van der Waals surface area (Å²) in [5.74, 6) is -3.91. The Kier molecular flexibility index (Phi) is 8.72. The van der Waals surface area contributed by atoms with E-state index >= 15 is 0 Å². The SMILES string of the molecule is CO[C@H]1C[SH]([C@H](c2ncccc2C)[C@]2(O)CCOC(C)(C)C2)[C@H](CO)[C@H](O)[C@@H]1n1cc(-c2cc(F)c(F)c(F)c2)nn1. The fourth-order valence-electron chi connectivity index (χ4n) is 6.52. The number of methoxy groups -OCH3 is 1. The average Bonchev–Trinajstić information content (AvgIpc) is 3.41. The number of nitrogens with zero attached hydrogens (tertiary/aromatic N) is 4. The largest absolute Gasteiger partial charge is 0.395 e. The first-order valence-corrected chi connectivity index (χ1v) is 15.5. The van der Waals surface area contributed by atoms with Crippen molar-refractivity contribution in [2.75, 3.05) is 26.1 Å². The van der Waals surface area contributed by atoms with Gasteiger partial charge in [0.1, 0.15) is 11.7 Å². The van der Waals surface area contributed by atoms with E-state index in [1.165, 1.54) is 18.0 Å². The summed E-state index contributed by atoms with van der Waals surface area (Å²) < 4.78 is 54.5. The molecule has 0 saturated carbocycles. The summed E-state index contributed by atoms with van der Waals surface area (Å²) in [4.78, 5) is 4.70. The number of aliphatic hydroxyl groups is 3. The van der Waals surface area contributed by atoms with Crippen LogP contribution in [0.25, 0.3) is 11.3 Å². The number of pyridine rings is 1. The number of aromatic nitrogens is 4. The zero-order chi connectivity index (χ0) is 30.4. The number of aryl methyl sites for hydroxylation is 1. The van der Waals surface area contributed by atoms with E-state index in [0.717, 1.165) is 17.7 Å². The Morgan fingerprint density at radius 3 is 2.57 bits per heavy atom. The number of benzene rings is 1. The number of halogens is 3. The molecule has 2 fully saturated rings. The average molecular weight is 611 g/mol. The van der Waals surface area contributed by atoms with Gasteiger partial charge in [-0.2, -0.15) is 0 Å². The van der Waals surface area contributed by atoms with Gasteiger partial charge in [0.15, 0.2) is 17.5 Å². The third kappa shape index (κ3) is 5.70. The number of hydrogen-bond acceptors (Lipinski definition) is 8. The zero-order valence-corrected chi connectivity index (χ0v) is 24.8. The van der Waals surface area contributed by atoms with Gasteiger partial charge in [-0.05, 0) is 44.5 Å². The van der Waals surface area contributed by atoms with Crippen LogP contribution in [0.3, 0.4) is 0 Å². The third-order valence-electron chi connectivity index (χ3n) is 8.44. The Morgan fingerprint density at radius 1 is 1.24 bits per heavy atom. The molecule has 1 unspecified atom stereocenters. The topological polar surface area (TPSA) is 123 Å². The zero-order valence-electron chi connectivity index (χ0n) is 23.9. The fourth-order valence-corrected chi connectivity index (χ4v) is 10.4. The molecule has 0 bridgehead atoms. The first-order chi connectivity index (χ1) is 19.9. The molecule has 0 radical (unpaired) electrons. The molecule has 2 aliphatic heterocycles. The molecule has 1 aromatic carbocycles. The number of rotatable bonds is 7. The van der Waals surface area contributed by atoms with Gasteiger partial charge in [0, 0.05) is 42.7 Å². The summed E-state index contributed by atoms with van der Waals surface area (Å²) in [5.41, 5.74) is -0.152. The number of aliphatic hydroxyl groups excluding tert-OH is 2. The Morgan fingerprint density at radius 2 is 1.95 bits per heavy atom. The van der Waals surface area contributed by atoms with E-state index in [0.29, 0.717) is 30.9 Å².